The average molecular weight is 412 g/mol. The number of amides is 1. The van der Waals surface area contributed by atoms with Gasteiger partial charge in [-0.15, -0.1) is 11.8 Å². The summed E-state index contributed by atoms with van der Waals surface area (Å²) in [6.45, 7) is 1.97. The molecular weight excluding hydrogens is 394 g/mol. The number of carbonyl (C=O) groups is 1. The summed E-state index contributed by atoms with van der Waals surface area (Å²) in [6.07, 6.45) is 0. The van der Waals surface area contributed by atoms with Crippen LogP contribution in [-0.2, 0) is 24.6 Å². The first kappa shape index (κ1) is 18.5. The number of benzene rings is 1. The maximum Gasteiger partial charge on any atom is 0.330 e. The summed E-state index contributed by atoms with van der Waals surface area (Å²) in [6, 6.07) is 7.11. The van der Waals surface area contributed by atoms with E-state index in [9.17, 15) is 14.4 Å². The zero-order valence-electron chi connectivity index (χ0n) is 13.6. The second-order valence-electron chi connectivity index (χ2n) is 5.40. The summed E-state index contributed by atoms with van der Waals surface area (Å²) in [5, 5.41) is 2.83. The van der Waals surface area contributed by atoms with Gasteiger partial charge < -0.3 is 5.32 Å². The van der Waals surface area contributed by atoms with Gasteiger partial charge in [-0.25, -0.2) is 4.79 Å². The Labute approximate surface area is 152 Å². The Balaban J connectivity index is 1.96. The number of aromatic nitrogens is 2. The minimum absolute atomic E-state index is 0.140. The molecule has 2 rings (SSSR count). The Morgan fingerprint density at radius 1 is 1.21 bits per heavy atom. The van der Waals surface area contributed by atoms with E-state index in [2.05, 4.69) is 21.2 Å². The van der Waals surface area contributed by atoms with Gasteiger partial charge in [-0.05, 0) is 40.5 Å². The Bertz CT molecular complexity index is 889. The molecule has 0 saturated heterocycles. The lowest BCUT2D eigenvalue weighted by Gasteiger charge is -2.10. The second-order valence-corrected chi connectivity index (χ2v) is 7.24. The third-order valence-corrected chi connectivity index (χ3v) is 5.13. The number of hydrogen-bond acceptors (Lipinski definition) is 4. The van der Waals surface area contributed by atoms with E-state index in [1.165, 1.54) is 29.4 Å². The average Bonchev–Trinajstić information content (AvgIpc) is 2.53. The molecule has 2 aromatic rings. The van der Waals surface area contributed by atoms with E-state index in [4.69, 9.17) is 0 Å². The lowest BCUT2D eigenvalue weighted by atomic mass is 10.2. The van der Waals surface area contributed by atoms with Crippen LogP contribution in [0.1, 0.15) is 11.3 Å². The van der Waals surface area contributed by atoms with Gasteiger partial charge in [0.1, 0.15) is 0 Å². The van der Waals surface area contributed by atoms with Crippen molar-refractivity contribution in [3.63, 3.8) is 0 Å². The lowest BCUT2D eigenvalue weighted by molar-refractivity contribution is -0.113. The highest BCUT2D eigenvalue weighted by Crippen LogP contribution is 2.23. The number of hydrogen-bond donors (Lipinski definition) is 1. The maximum absolute atomic E-state index is 12.0. The highest BCUT2D eigenvalue weighted by atomic mass is 79.9. The van der Waals surface area contributed by atoms with Gasteiger partial charge in [0.15, 0.2) is 0 Å². The highest BCUT2D eigenvalue weighted by Gasteiger charge is 2.09. The fourth-order valence-corrected chi connectivity index (χ4v) is 3.51. The van der Waals surface area contributed by atoms with E-state index in [0.29, 0.717) is 17.1 Å². The van der Waals surface area contributed by atoms with E-state index in [0.717, 1.165) is 14.6 Å². The summed E-state index contributed by atoms with van der Waals surface area (Å²) >= 11 is 4.76. The molecular formula is C16H18BrN3O3S. The molecule has 0 aliphatic rings. The number of rotatable bonds is 5. The first-order valence-corrected chi connectivity index (χ1v) is 9.14. The van der Waals surface area contributed by atoms with Gasteiger partial charge in [0.25, 0.3) is 5.56 Å². The zero-order chi connectivity index (χ0) is 17.9. The fraction of sp³-hybridized carbons (Fsp3) is 0.312. The Hall–Kier alpha value is -1.80. The molecule has 128 valence electrons. The SMILES string of the molecule is Cc1ccc(NC(=O)CSCc2cc(=O)n(C)c(=O)n2C)c(Br)c1. The van der Waals surface area contributed by atoms with E-state index >= 15 is 0 Å². The van der Waals surface area contributed by atoms with E-state index in [-0.39, 0.29) is 22.9 Å². The van der Waals surface area contributed by atoms with Crippen molar-refractivity contribution >= 4 is 39.3 Å². The van der Waals surface area contributed by atoms with Crippen LogP contribution in [0.25, 0.3) is 0 Å². The molecule has 24 heavy (non-hydrogen) atoms. The predicted molar refractivity (Wildman–Crippen MR) is 101 cm³/mol. The monoisotopic (exact) mass is 411 g/mol. The Morgan fingerprint density at radius 2 is 1.92 bits per heavy atom. The molecule has 1 amide bonds. The molecule has 0 spiro atoms. The molecule has 8 heteroatoms. The van der Waals surface area contributed by atoms with Gasteiger partial charge in [-0.3, -0.25) is 18.7 Å². The number of nitrogens with zero attached hydrogens (tertiary/aromatic N) is 2. The van der Waals surface area contributed by atoms with E-state index in [1.54, 1.807) is 7.05 Å². The quantitative estimate of drug-likeness (QED) is 0.816. The number of anilines is 1. The van der Waals surface area contributed by atoms with Gasteiger partial charge in [-0.2, -0.15) is 0 Å². The summed E-state index contributed by atoms with van der Waals surface area (Å²) < 4.78 is 3.30. The van der Waals surface area contributed by atoms with Crippen molar-refractivity contribution in [2.75, 3.05) is 11.1 Å². The second kappa shape index (κ2) is 7.85. The first-order valence-electron chi connectivity index (χ1n) is 7.19. The van der Waals surface area contributed by atoms with Crippen molar-refractivity contribution in [2.24, 2.45) is 14.1 Å². The van der Waals surface area contributed by atoms with Crippen LogP contribution in [-0.4, -0.2) is 20.8 Å². The summed E-state index contributed by atoms with van der Waals surface area (Å²) in [4.78, 5) is 35.5. The van der Waals surface area contributed by atoms with Crippen molar-refractivity contribution in [3.8, 4) is 0 Å². The predicted octanol–water partition coefficient (Wildman–Crippen LogP) is 2.03. The number of aryl methyl sites for hydroxylation is 1. The van der Waals surface area contributed by atoms with Gasteiger partial charge in [0.2, 0.25) is 5.91 Å². The molecule has 1 aromatic carbocycles. The molecule has 6 nitrogen and oxygen atoms in total. The normalized spacial score (nSPS) is 10.7. The van der Waals surface area contributed by atoms with Gasteiger partial charge >= 0.3 is 5.69 Å². The van der Waals surface area contributed by atoms with Crippen molar-refractivity contribution < 1.29 is 4.79 Å². The van der Waals surface area contributed by atoms with Crippen LogP contribution in [0, 0.1) is 6.92 Å². The first-order chi connectivity index (χ1) is 11.3. The van der Waals surface area contributed by atoms with Crippen LogP contribution in [0.3, 0.4) is 0 Å². The molecule has 0 fully saturated rings. The molecule has 0 aliphatic carbocycles. The summed E-state index contributed by atoms with van der Waals surface area (Å²) in [5.41, 5.74) is 1.69. The zero-order valence-corrected chi connectivity index (χ0v) is 16.0. The third kappa shape index (κ3) is 4.39. The molecule has 1 heterocycles. The Kier molecular flexibility index (Phi) is 6.06. The molecule has 0 radical (unpaired) electrons. The molecule has 1 aromatic heterocycles. The van der Waals surface area contributed by atoms with E-state index < -0.39 is 0 Å². The largest absolute Gasteiger partial charge is 0.330 e. The van der Waals surface area contributed by atoms with Crippen LogP contribution in [0.2, 0.25) is 0 Å². The van der Waals surface area contributed by atoms with E-state index in [1.807, 2.05) is 25.1 Å². The number of thioether (sulfide) groups is 1. The molecule has 0 saturated carbocycles. The van der Waals surface area contributed by atoms with Crippen LogP contribution >= 0.6 is 27.7 Å². The van der Waals surface area contributed by atoms with Crippen LogP contribution in [0.15, 0.2) is 38.3 Å². The lowest BCUT2D eigenvalue weighted by Crippen LogP contribution is -2.37. The van der Waals surface area contributed by atoms with Crippen LogP contribution in [0.4, 0.5) is 5.69 Å². The topological polar surface area (TPSA) is 73.1 Å². The summed E-state index contributed by atoms with van der Waals surface area (Å²) in [5.74, 6) is 0.493. The molecule has 0 atom stereocenters. The number of carbonyl (C=O) groups excluding carboxylic acids is 1. The third-order valence-electron chi connectivity index (χ3n) is 3.51. The van der Waals surface area contributed by atoms with Crippen LogP contribution < -0.4 is 16.6 Å². The number of halogens is 1. The maximum atomic E-state index is 12.0. The summed E-state index contributed by atoms with van der Waals surface area (Å²) in [7, 11) is 3.05. The van der Waals surface area contributed by atoms with Crippen molar-refractivity contribution in [1.82, 2.24) is 9.13 Å². The van der Waals surface area contributed by atoms with Crippen molar-refractivity contribution in [1.29, 1.82) is 0 Å². The van der Waals surface area contributed by atoms with Crippen LogP contribution in [0.5, 0.6) is 0 Å². The van der Waals surface area contributed by atoms with Gasteiger partial charge in [-0.1, -0.05) is 6.07 Å². The minimum atomic E-state index is -0.369. The molecule has 0 bridgehead atoms. The van der Waals surface area contributed by atoms with Crippen molar-refractivity contribution in [2.45, 2.75) is 12.7 Å². The molecule has 0 aliphatic heterocycles. The Morgan fingerprint density at radius 3 is 2.58 bits per heavy atom. The van der Waals surface area contributed by atoms with Gasteiger partial charge in [0.05, 0.1) is 11.4 Å². The number of nitrogens with one attached hydrogen (secondary N) is 1. The smallest absolute Gasteiger partial charge is 0.324 e. The fourth-order valence-electron chi connectivity index (χ4n) is 2.07. The molecule has 0 unspecified atom stereocenters. The van der Waals surface area contributed by atoms with Gasteiger partial charge in [0, 0.05) is 36.1 Å². The molecule has 1 N–H and O–H groups in total. The minimum Gasteiger partial charge on any atom is -0.324 e. The van der Waals surface area contributed by atoms with Crippen molar-refractivity contribution in [3.05, 3.63) is 60.8 Å². The standard InChI is InChI=1S/C16H18BrN3O3S/c1-10-4-5-13(12(17)6-10)18-14(21)9-24-8-11-7-15(22)20(3)16(23)19(11)2/h4-7H,8-9H2,1-3H3,(H,18,21). The highest BCUT2D eigenvalue weighted by molar-refractivity contribution is 9.10.